The van der Waals surface area contributed by atoms with Crippen LogP contribution in [0.5, 0.6) is 0 Å². The predicted octanol–water partition coefficient (Wildman–Crippen LogP) is 7.78. The SMILES string of the molecule is CC(C)(O)c1cc2nc(C3CCC(CN4CC5(CC(CCNc6cccc7c6C(=O)N(C6CCC(=O)NC6=O)C7=O)C5)C4)CC3)sc2cc1NC(=O)c1cccc(C(C)(F)F)c1. The van der Waals surface area contributed by atoms with Crippen LogP contribution in [0.1, 0.15) is 132 Å². The average molecular weight is 867 g/mol. The standard InChI is InChI=1S/C47H52F2N6O6S/c1-45(2,61)32-19-35-37(20-34(32)51-40(57)29-6-4-7-30(18-29)46(3,48)49)62-42(52-35)28-12-10-26(11-13-28)23-54-24-47(25-54)21-27(22-47)16-17-50-33-9-5-8-31-39(33)44(60)55(43(31)59)36-14-15-38(56)53-41(36)58/h4-9,18-20,26-28,36,50,61H,10-17,21-25H2,1-3H3,(H,51,57)(H,53,56,58). The molecular weight excluding hydrogens is 815 g/mol. The maximum atomic E-state index is 14.0. The van der Waals surface area contributed by atoms with Crippen molar-refractivity contribution >= 4 is 62.5 Å². The smallest absolute Gasteiger partial charge is 0.270 e. The van der Waals surface area contributed by atoms with Gasteiger partial charge in [0.1, 0.15) is 6.04 Å². The van der Waals surface area contributed by atoms with E-state index in [1.165, 1.54) is 37.1 Å². The van der Waals surface area contributed by atoms with E-state index < -0.39 is 47.1 Å². The summed E-state index contributed by atoms with van der Waals surface area (Å²) in [6, 6.07) is 13.3. The molecule has 2 saturated carbocycles. The lowest BCUT2D eigenvalue weighted by molar-refractivity contribution is -0.136. The Bertz CT molecular complexity index is 2470. The van der Waals surface area contributed by atoms with Crippen LogP contribution in [0.15, 0.2) is 54.6 Å². The fourth-order valence-electron chi connectivity index (χ4n) is 10.6. The number of amides is 5. The number of likely N-dealkylation sites (tertiary alicyclic amines) is 1. The molecule has 1 spiro atoms. The van der Waals surface area contributed by atoms with Gasteiger partial charge in [-0.15, -0.1) is 11.3 Å². The Kier molecular flexibility index (Phi) is 10.8. The summed E-state index contributed by atoms with van der Waals surface area (Å²) in [5.41, 5.74) is 1.86. The number of benzene rings is 3. The van der Waals surface area contributed by atoms with E-state index in [1.54, 1.807) is 43.4 Å². The van der Waals surface area contributed by atoms with Crippen LogP contribution in [-0.2, 0) is 21.1 Å². The van der Waals surface area contributed by atoms with Gasteiger partial charge in [0.05, 0.1) is 32.0 Å². The van der Waals surface area contributed by atoms with Gasteiger partial charge in [0.25, 0.3) is 23.6 Å². The number of hydrogen-bond acceptors (Lipinski definition) is 10. The molecule has 3 aliphatic heterocycles. The van der Waals surface area contributed by atoms with Gasteiger partial charge in [0, 0.05) is 73.5 Å². The first-order chi connectivity index (χ1) is 29.4. The minimum Gasteiger partial charge on any atom is -0.386 e. The van der Waals surface area contributed by atoms with E-state index in [4.69, 9.17) is 4.98 Å². The first kappa shape index (κ1) is 42.2. The highest BCUT2D eigenvalue weighted by Crippen LogP contribution is 2.53. The van der Waals surface area contributed by atoms with Gasteiger partial charge < -0.3 is 20.6 Å². The van der Waals surface area contributed by atoms with Crippen LogP contribution in [0, 0.1) is 17.3 Å². The molecule has 9 rings (SSSR count). The van der Waals surface area contributed by atoms with Gasteiger partial charge in [0.15, 0.2) is 0 Å². The number of fused-ring (bicyclic) bond motifs is 2. The zero-order chi connectivity index (χ0) is 43.7. The van der Waals surface area contributed by atoms with E-state index in [-0.39, 0.29) is 29.5 Å². The number of nitrogens with one attached hydrogen (secondary N) is 3. The molecule has 5 aliphatic rings. The number of anilines is 2. The fourth-order valence-corrected chi connectivity index (χ4v) is 11.8. The van der Waals surface area contributed by atoms with Crippen molar-refractivity contribution in [3.63, 3.8) is 0 Å². The summed E-state index contributed by atoms with van der Waals surface area (Å²) in [4.78, 5) is 72.6. The van der Waals surface area contributed by atoms with Gasteiger partial charge >= 0.3 is 0 Å². The molecule has 62 heavy (non-hydrogen) atoms. The van der Waals surface area contributed by atoms with Gasteiger partial charge in [-0.3, -0.25) is 34.2 Å². The number of hydrogen-bond donors (Lipinski definition) is 4. The molecular formula is C47H52F2N6O6S. The number of aromatic nitrogens is 1. The third kappa shape index (κ3) is 8.14. The second kappa shape index (κ2) is 15.9. The number of alkyl halides is 2. The lowest BCUT2D eigenvalue weighted by Gasteiger charge is -2.60. The monoisotopic (exact) mass is 866 g/mol. The van der Waals surface area contributed by atoms with Gasteiger partial charge in [-0.2, -0.15) is 0 Å². The normalized spacial score (nSPS) is 23.0. The number of imide groups is 2. The summed E-state index contributed by atoms with van der Waals surface area (Å²) in [7, 11) is 0. The van der Waals surface area contributed by atoms with E-state index in [9.17, 15) is 37.9 Å². The molecule has 3 aromatic carbocycles. The van der Waals surface area contributed by atoms with Gasteiger partial charge in [-0.1, -0.05) is 18.2 Å². The Labute approximate surface area is 362 Å². The van der Waals surface area contributed by atoms with Crippen molar-refractivity contribution in [3.8, 4) is 0 Å². The minimum absolute atomic E-state index is 0.0830. The molecule has 5 amide bonds. The number of carbonyl (C=O) groups is 5. The van der Waals surface area contributed by atoms with E-state index in [0.29, 0.717) is 52.2 Å². The Morgan fingerprint density at radius 1 is 0.935 bits per heavy atom. The lowest BCUT2D eigenvalue weighted by Crippen LogP contribution is -2.63. The third-order valence-electron chi connectivity index (χ3n) is 13.7. The van der Waals surface area contributed by atoms with E-state index >= 15 is 0 Å². The molecule has 2 saturated heterocycles. The fraction of sp³-hybridized carbons (Fsp3) is 0.489. The first-order valence-corrected chi connectivity index (χ1v) is 22.5. The Morgan fingerprint density at radius 2 is 1.68 bits per heavy atom. The van der Waals surface area contributed by atoms with Crippen LogP contribution in [0.3, 0.4) is 0 Å². The Morgan fingerprint density at radius 3 is 2.39 bits per heavy atom. The van der Waals surface area contributed by atoms with Crippen LogP contribution >= 0.6 is 11.3 Å². The van der Waals surface area contributed by atoms with E-state index in [2.05, 4.69) is 20.9 Å². The highest BCUT2D eigenvalue weighted by molar-refractivity contribution is 7.18. The molecule has 326 valence electrons. The van der Waals surface area contributed by atoms with Crippen LogP contribution < -0.4 is 16.0 Å². The topological polar surface area (TPSA) is 161 Å². The number of carbonyl (C=O) groups excluding carboxylic acids is 5. The zero-order valence-corrected chi connectivity index (χ0v) is 36.0. The van der Waals surface area contributed by atoms with Crippen molar-refractivity contribution < 1.29 is 37.9 Å². The molecule has 4 N–H and O–H groups in total. The molecule has 4 fully saturated rings. The molecule has 1 atom stereocenters. The summed E-state index contributed by atoms with van der Waals surface area (Å²) in [6.07, 6.45) is 7.92. The van der Waals surface area contributed by atoms with Crippen molar-refractivity contribution in [2.75, 3.05) is 36.8 Å². The number of nitrogens with zero attached hydrogens (tertiary/aromatic N) is 3. The number of halogens is 2. The second-order valence-electron chi connectivity index (χ2n) is 19.0. The van der Waals surface area contributed by atoms with Crippen molar-refractivity contribution in [2.24, 2.45) is 17.3 Å². The zero-order valence-electron chi connectivity index (χ0n) is 35.2. The molecule has 0 bridgehead atoms. The number of aliphatic hydroxyl groups is 1. The lowest BCUT2D eigenvalue weighted by atomic mass is 9.57. The third-order valence-corrected chi connectivity index (χ3v) is 14.9. The van der Waals surface area contributed by atoms with Crippen molar-refractivity contribution in [1.82, 2.24) is 20.1 Å². The highest BCUT2D eigenvalue weighted by atomic mass is 32.1. The van der Waals surface area contributed by atoms with E-state index in [0.717, 1.165) is 78.8 Å². The molecule has 4 heterocycles. The molecule has 4 aromatic rings. The van der Waals surface area contributed by atoms with E-state index in [1.807, 2.05) is 12.1 Å². The molecule has 1 aromatic heterocycles. The van der Waals surface area contributed by atoms with Crippen molar-refractivity contribution in [3.05, 3.63) is 87.4 Å². The summed E-state index contributed by atoms with van der Waals surface area (Å²) < 4.78 is 28.9. The van der Waals surface area contributed by atoms with Crippen molar-refractivity contribution in [1.29, 1.82) is 0 Å². The summed E-state index contributed by atoms with van der Waals surface area (Å²) >= 11 is 1.61. The average Bonchev–Trinajstić information content (AvgIpc) is 3.73. The first-order valence-electron chi connectivity index (χ1n) is 21.7. The molecule has 0 radical (unpaired) electrons. The summed E-state index contributed by atoms with van der Waals surface area (Å²) in [5, 5.41) is 20.6. The van der Waals surface area contributed by atoms with Crippen LogP contribution in [-0.4, -0.2) is 81.6 Å². The van der Waals surface area contributed by atoms with Gasteiger partial charge in [-0.25, -0.2) is 13.8 Å². The van der Waals surface area contributed by atoms with Gasteiger partial charge in [0.2, 0.25) is 11.8 Å². The number of rotatable bonds is 12. The largest absolute Gasteiger partial charge is 0.386 e. The van der Waals surface area contributed by atoms with Crippen LogP contribution in [0.25, 0.3) is 10.2 Å². The minimum atomic E-state index is -3.08. The summed E-state index contributed by atoms with van der Waals surface area (Å²) in [5.74, 6) is -4.04. The van der Waals surface area contributed by atoms with Crippen LogP contribution in [0.2, 0.25) is 0 Å². The number of thiazole rings is 1. The predicted molar refractivity (Wildman–Crippen MR) is 231 cm³/mol. The van der Waals surface area contributed by atoms with Crippen LogP contribution in [0.4, 0.5) is 20.2 Å². The molecule has 1 unspecified atom stereocenters. The van der Waals surface area contributed by atoms with Crippen molar-refractivity contribution in [2.45, 2.75) is 102 Å². The molecule has 15 heteroatoms. The summed E-state index contributed by atoms with van der Waals surface area (Å²) in [6.45, 7) is 8.14. The maximum Gasteiger partial charge on any atom is 0.270 e. The molecule has 12 nitrogen and oxygen atoms in total. The Hall–Kier alpha value is -5.12. The quantitative estimate of drug-likeness (QED) is 0.104. The Balaban J connectivity index is 0.735. The maximum absolute atomic E-state index is 14.0. The second-order valence-corrected chi connectivity index (χ2v) is 20.0. The number of piperidine rings is 1. The highest BCUT2D eigenvalue weighted by Gasteiger charge is 2.52. The molecule has 2 aliphatic carbocycles. The van der Waals surface area contributed by atoms with Gasteiger partial charge in [-0.05, 0) is 119 Å².